The van der Waals surface area contributed by atoms with Crippen molar-refractivity contribution in [3.8, 4) is 0 Å². The topological polar surface area (TPSA) is 80.1 Å². The molecule has 0 aliphatic carbocycles. The highest BCUT2D eigenvalue weighted by atomic mass is 31.2. The molecule has 0 aromatic heterocycles. The van der Waals surface area contributed by atoms with E-state index in [0.717, 1.165) is 0 Å². The van der Waals surface area contributed by atoms with E-state index < -0.39 is 12.9 Å². The van der Waals surface area contributed by atoms with E-state index >= 15 is 0 Å². The van der Waals surface area contributed by atoms with Crippen molar-refractivity contribution in [2.24, 2.45) is 0 Å². The zero-order valence-corrected chi connectivity index (χ0v) is 12.9. The van der Waals surface area contributed by atoms with E-state index in [9.17, 15) is 9.77 Å². The van der Waals surface area contributed by atoms with Crippen LogP contribution in [-0.4, -0.2) is 28.4 Å². The van der Waals surface area contributed by atoms with Crippen LogP contribution in [0.5, 0.6) is 0 Å². The summed E-state index contributed by atoms with van der Waals surface area (Å²) in [6, 6.07) is 0. The molecule has 0 radical (unpaired) electrons. The van der Waals surface area contributed by atoms with Crippen LogP contribution < -0.4 is 0 Å². The van der Waals surface area contributed by atoms with Gasteiger partial charge in [0.25, 0.3) is 5.28 Å². The summed E-state index contributed by atoms with van der Waals surface area (Å²) in [7, 11) is -3.91. The Kier molecular flexibility index (Phi) is 5.53. The molecule has 0 amide bonds. The predicted molar refractivity (Wildman–Crippen MR) is 69.5 cm³/mol. The third-order valence-electron chi connectivity index (χ3n) is 2.64. The molecule has 0 aromatic carbocycles. The van der Waals surface area contributed by atoms with Crippen molar-refractivity contribution >= 4 is 13.8 Å². The monoisotopic (exact) mass is 295 g/mol. The lowest BCUT2D eigenvalue weighted by Crippen LogP contribution is -2.34. The summed E-state index contributed by atoms with van der Waals surface area (Å²) in [4.78, 5) is 9.84. The summed E-state index contributed by atoms with van der Waals surface area (Å²) in [5.74, 6) is 0. The second-order valence-electron chi connectivity index (χ2n) is 5.20. The number of nitrogens with zero attached hydrogens (tertiary/aromatic N) is 1. The van der Waals surface area contributed by atoms with Crippen LogP contribution >= 0.6 is 7.60 Å². The van der Waals surface area contributed by atoms with Crippen molar-refractivity contribution in [2.75, 3.05) is 0 Å². The van der Waals surface area contributed by atoms with Gasteiger partial charge < -0.3 is 5.21 Å². The lowest BCUT2D eigenvalue weighted by molar-refractivity contribution is -0.512. The van der Waals surface area contributed by atoms with Gasteiger partial charge in [-0.2, -0.15) is 4.74 Å². The van der Waals surface area contributed by atoms with E-state index in [1.807, 2.05) is 0 Å². The number of hydroxylamine groups is 1. The molecule has 1 unspecified atom stereocenters. The molecule has 1 atom stereocenters. The lowest BCUT2D eigenvalue weighted by Gasteiger charge is -2.29. The highest BCUT2D eigenvalue weighted by Crippen LogP contribution is 2.63. The van der Waals surface area contributed by atoms with Crippen molar-refractivity contribution in [1.29, 1.82) is 0 Å². The Morgan fingerprint density at radius 3 is 2.00 bits per heavy atom. The molecule has 0 aromatic rings. The Bertz CT molecular complexity index is 367. The van der Waals surface area contributed by atoms with Gasteiger partial charge in [0.2, 0.25) is 0 Å². The molecule has 0 saturated heterocycles. The molecule has 112 valence electrons. The fraction of sp³-hybridized carbons (Fsp3) is 0.909. The molecule has 0 spiro atoms. The van der Waals surface area contributed by atoms with E-state index in [1.54, 1.807) is 27.7 Å². The number of hydrogen-bond donors (Lipinski definition) is 0. The summed E-state index contributed by atoms with van der Waals surface area (Å²) >= 11 is 0. The standard InChI is InChI=1S/C11H22NO6P/c1-9(2)15-17-19(14,18-16-10(3)4)11(5)7-6-8-12(11)13/h8-10H,6-7H2,1-5H3. The van der Waals surface area contributed by atoms with Gasteiger partial charge in [-0.1, -0.05) is 0 Å². The minimum atomic E-state index is -3.91. The summed E-state index contributed by atoms with van der Waals surface area (Å²) < 4.78 is 23.3. The highest BCUT2D eigenvalue weighted by Gasteiger charge is 2.59. The van der Waals surface area contributed by atoms with Crippen molar-refractivity contribution in [3.63, 3.8) is 0 Å². The third-order valence-corrected chi connectivity index (χ3v) is 4.81. The fourth-order valence-corrected chi connectivity index (χ4v) is 3.12. The third kappa shape index (κ3) is 3.77. The minimum absolute atomic E-state index is 0.315. The molecule has 0 bridgehead atoms. The summed E-state index contributed by atoms with van der Waals surface area (Å²) in [5, 5.41) is 10.5. The van der Waals surface area contributed by atoms with Gasteiger partial charge in [-0.05, 0) is 27.7 Å². The van der Waals surface area contributed by atoms with Crippen LogP contribution in [0.2, 0.25) is 0 Å². The second kappa shape index (κ2) is 6.33. The van der Waals surface area contributed by atoms with Gasteiger partial charge in [0.05, 0.1) is 12.2 Å². The SMILES string of the molecule is CC(C)OOP(=O)(OOC(C)C)C1(C)CCC=[N+]1[O-]. The van der Waals surface area contributed by atoms with E-state index in [-0.39, 0.29) is 12.2 Å². The van der Waals surface area contributed by atoms with Crippen LogP contribution in [0.15, 0.2) is 0 Å². The maximum Gasteiger partial charge on any atom is 0.455 e. The largest absolute Gasteiger partial charge is 0.623 e. The first-order valence-electron chi connectivity index (χ1n) is 6.31. The second-order valence-corrected chi connectivity index (χ2v) is 7.46. The average molecular weight is 295 g/mol. The first kappa shape index (κ1) is 16.6. The van der Waals surface area contributed by atoms with Gasteiger partial charge in [-0.25, -0.2) is 14.3 Å². The van der Waals surface area contributed by atoms with Gasteiger partial charge >= 0.3 is 7.60 Å². The highest BCUT2D eigenvalue weighted by molar-refractivity contribution is 7.55. The molecular formula is C11H22NO6P. The molecule has 1 aliphatic heterocycles. The Balaban J connectivity index is 2.91. The summed E-state index contributed by atoms with van der Waals surface area (Å²) in [5.41, 5.74) is 0. The molecule has 8 heteroatoms. The summed E-state index contributed by atoms with van der Waals surface area (Å²) in [6.07, 6.45) is 1.62. The quantitative estimate of drug-likeness (QED) is 0.236. The number of rotatable bonds is 7. The van der Waals surface area contributed by atoms with Gasteiger partial charge in [-0.15, -0.1) is 9.35 Å². The average Bonchev–Trinajstić information content (AvgIpc) is 2.66. The lowest BCUT2D eigenvalue weighted by atomic mass is 10.2. The maximum absolute atomic E-state index is 12.8. The van der Waals surface area contributed by atoms with Crippen molar-refractivity contribution in [3.05, 3.63) is 5.21 Å². The van der Waals surface area contributed by atoms with Crippen LogP contribution in [0, 0.1) is 5.21 Å². The van der Waals surface area contributed by atoms with Gasteiger partial charge in [0.15, 0.2) is 6.21 Å². The molecule has 1 aliphatic rings. The minimum Gasteiger partial charge on any atom is -0.623 e. The van der Waals surface area contributed by atoms with Crippen molar-refractivity contribution in [2.45, 2.75) is 64.9 Å². The fourth-order valence-electron chi connectivity index (χ4n) is 1.48. The predicted octanol–water partition coefficient (Wildman–Crippen LogP) is 2.98. The van der Waals surface area contributed by atoms with Crippen LogP contribution in [0.4, 0.5) is 0 Å². The first-order chi connectivity index (χ1) is 8.71. The maximum atomic E-state index is 12.8. The molecule has 1 rings (SSSR count). The van der Waals surface area contributed by atoms with Crippen LogP contribution in [-0.2, 0) is 23.7 Å². The molecule has 1 heterocycles. The Morgan fingerprint density at radius 1 is 1.21 bits per heavy atom. The van der Waals surface area contributed by atoms with Gasteiger partial charge in [0.1, 0.15) is 0 Å². The van der Waals surface area contributed by atoms with E-state index in [4.69, 9.17) is 19.1 Å². The summed E-state index contributed by atoms with van der Waals surface area (Å²) in [6.45, 7) is 8.37. The molecule has 0 fully saturated rings. The molecule has 0 N–H and O–H groups in total. The molecular weight excluding hydrogens is 273 g/mol. The Labute approximate surface area is 113 Å². The van der Waals surface area contributed by atoms with E-state index in [0.29, 0.717) is 17.6 Å². The zero-order valence-electron chi connectivity index (χ0n) is 12.0. The molecule has 7 nitrogen and oxygen atoms in total. The smallest absolute Gasteiger partial charge is 0.455 e. The van der Waals surface area contributed by atoms with Gasteiger partial charge in [-0.3, -0.25) is 0 Å². The zero-order chi connectivity index (χ0) is 14.7. The Morgan fingerprint density at radius 2 is 1.68 bits per heavy atom. The number of hydrogen-bond acceptors (Lipinski definition) is 6. The van der Waals surface area contributed by atoms with E-state index in [1.165, 1.54) is 13.1 Å². The first-order valence-corrected chi connectivity index (χ1v) is 7.85. The van der Waals surface area contributed by atoms with Crippen molar-refractivity contribution in [1.82, 2.24) is 0 Å². The normalized spacial score (nSPS) is 24.3. The van der Waals surface area contributed by atoms with E-state index in [2.05, 4.69) is 0 Å². The van der Waals surface area contributed by atoms with Crippen molar-refractivity contribution < 1.29 is 28.4 Å². The molecule has 0 saturated carbocycles. The van der Waals surface area contributed by atoms with Crippen LogP contribution in [0.1, 0.15) is 47.5 Å². The molecule has 19 heavy (non-hydrogen) atoms. The Hall–Kier alpha value is -0.460. The van der Waals surface area contributed by atoms with Gasteiger partial charge in [0, 0.05) is 19.8 Å². The van der Waals surface area contributed by atoms with Crippen LogP contribution in [0.3, 0.4) is 0 Å². The van der Waals surface area contributed by atoms with Crippen LogP contribution in [0.25, 0.3) is 0 Å².